The molecule has 0 aliphatic heterocycles. The third-order valence-corrected chi connectivity index (χ3v) is 4.92. The fourth-order valence-corrected chi connectivity index (χ4v) is 3.31. The number of benzene rings is 1. The molecule has 0 saturated heterocycles. The smallest absolute Gasteiger partial charge is 0.0658 e. The van der Waals surface area contributed by atoms with Crippen molar-refractivity contribution in [3.63, 3.8) is 0 Å². The van der Waals surface area contributed by atoms with E-state index in [4.69, 9.17) is 4.99 Å². The van der Waals surface area contributed by atoms with Crippen LogP contribution in [-0.4, -0.2) is 5.71 Å². The third kappa shape index (κ3) is 2.23. The van der Waals surface area contributed by atoms with Crippen molar-refractivity contribution in [2.45, 2.75) is 41.0 Å². The van der Waals surface area contributed by atoms with Crippen molar-refractivity contribution >= 4 is 11.4 Å². The normalized spacial score (nSPS) is 32.2. The zero-order valence-corrected chi connectivity index (χ0v) is 12.3. The van der Waals surface area contributed by atoms with Gasteiger partial charge in [0.2, 0.25) is 0 Å². The van der Waals surface area contributed by atoms with E-state index in [9.17, 15) is 0 Å². The molecule has 1 aliphatic carbocycles. The summed E-state index contributed by atoms with van der Waals surface area (Å²) in [4.78, 5) is 4.95. The largest absolute Gasteiger partial charge is 0.257 e. The molecular weight excluding hydrogens is 218 g/mol. The summed E-state index contributed by atoms with van der Waals surface area (Å²) in [6.07, 6.45) is 1.07. The molecule has 1 heteroatoms. The molecule has 1 aromatic carbocycles. The van der Waals surface area contributed by atoms with Crippen LogP contribution in [0, 0.1) is 30.6 Å². The summed E-state index contributed by atoms with van der Waals surface area (Å²) in [5.41, 5.74) is 3.81. The summed E-state index contributed by atoms with van der Waals surface area (Å²) in [6, 6.07) is 8.43. The lowest BCUT2D eigenvalue weighted by atomic mass is 9.57. The maximum atomic E-state index is 4.95. The van der Waals surface area contributed by atoms with E-state index in [1.54, 1.807) is 0 Å². The zero-order valence-electron chi connectivity index (χ0n) is 12.3. The Morgan fingerprint density at radius 1 is 1.06 bits per heavy atom. The average molecular weight is 243 g/mol. The lowest BCUT2D eigenvalue weighted by molar-refractivity contribution is 0.0653. The molecule has 0 aromatic heterocycles. The van der Waals surface area contributed by atoms with Crippen molar-refractivity contribution < 1.29 is 0 Å². The maximum Gasteiger partial charge on any atom is 0.0658 e. The van der Waals surface area contributed by atoms with Gasteiger partial charge in [0.25, 0.3) is 0 Å². The number of para-hydroxylation sites is 1. The molecule has 0 amide bonds. The first-order chi connectivity index (χ1) is 8.56. The Morgan fingerprint density at radius 2 is 1.67 bits per heavy atom. The summed E-state index contributed by atoms with van der Waals surface area (Å²) in [7, 11) is 0. The molecule has 1 nitrogen and oxygen atoms in total. The first-order valence-corrected chi connectivity index (χ1v) is 7.19. The summed E-state index contributed by atoms with van der Waals surface area (Å²) in [6.45, 7) is 11.5. The molecule has 2 rings (SSSR count). The van der Waals surface area contributed by atoms with Gasteiger partial charge < -0.3 is 0 Å². The second-order valence-electron chi connectivity index (χ2n) is 5.85. The van der Waals surface area contributed by atoms with Gasteiger partial charge in [-0.05, 0) is 42.7 Å². The topological polar surface area (TPSA) is 12.4 Å². The minimum absolute atomic E-state index is 0.685. The Bertz CT molecular complexity index is 437. The van der Waals surface area contributed by atoms with Crippen molar-refractivity contribution in [1.82, 2.24) is 0 Å². The van der Waals surface area contributed by atoms with E-state index in [1.807, 2.05) is 0 Å². The second kappa shape index (κ2) is 5.26. The SMILES string of the molecule is CCC(=Nc1ccccc1C)C1C(C)C(C)C1C. The highest BCUT2D eigenvalue weighted by molar-refractivity contribution is 5.90. The Hall–Kier alpha value is -1.11. The van der Waals surface area contributed by atoms with E-state index in [2.05, 4.69) is 58.9 Å². The highest BCUT2D eigenvalue weighted by Gasteiger charge is 2.44. The standard InChI is InChI=1S/C17H25N/c1-6-15(17-13(4)12(3)14(17)5)18-16-10-8-7-9-11(16)2/h7-10,12-14,17H,6H2,1-5H3. The van der Waals surface area contributed by atoms with Crippen molar-refractivity contribution in [1.29, 1.82) is 0 Å². The van der Waals surface area contributed by atoms with Gasteiger partial charge in [-0.2, -0.15) is 0 Å². The molecule has 18 heavy (non-hydrogen) atoms. The van der Waals surface area contributed by atoms with Gasteiger partial charge in [0.05, 0.1) is 5.69 Å². The molecule has 98 valence electrons. The number of hydrogen-bond donors (Lipinski definition) is 0. The predicted molar refractivity (Wildman–Crippen MR) is 79.5 cm³/mol. The molecule has 0 N–H and O–H groups in total. The molecule has 0 bridgehead atoms. The van der Waals surface area contributed by atoms with Crippen molar-refractivity contribution in [2.75, 3.05) is 0 Å². The molecule has 0 radical (unpaired) electrons. The van der Waals surface area contributed by atoms with E-state index in [1.165, 1.54) is 11.3 Å². The van der Waals surface area contributed by atoms with Crippen molar-refractivity contribution in [3.8, 4) is 0 Å². The van der Waals surface area contributed by atoms with Crippen LogP contribution in [0.3, 0.4) is 0 Å². The van der Waals surface area contributed by atoms with Crippen molar-refractivity contribution in [3.05, 3.63) is 29.8 Å². The van der Waals surface area contributed by atoms with Gasteiger partial charge in [-0.1, -0.05) is 45.9 Å². The van der Waals surface area contributed by atoms with Crippen LogP contribution >= 0.6 is 0 Å². The number of nitrogens with zero attached hydrogens (tertiary/aromatic N) is 1. The summed E-state index contributed by atoms with van der Waals surface area (Å²) >= 11 is 0. The first kappa shape index (κ1) is 13.3. The fraction of sp³-hybridized carbons (Fsp3) is 0.588. The van der Waals surface area contributed by atoms with E-state index in [0.717, 1.165) is 29.9 Å². The minimum atomic E-state index is 0.685. The number of aliphatic imine (C=N–C) groups is 1. The van der Waals surface area contributed by atoms with Gasteiger partial charge in [0, 0.05) is 11.6 Å². The van der Waals surface area contributed by atoms with Crippen LogP contribution in [0.25, 0.3) is 0 Å². The Labute approximate surface area is 111 Å². The summed E-state index contributed by atoms with van der Waals surface area (Å²) < 4.78 is 0. The average Bonchev–Trinajstić information content (AvgIpc) is 2.39. The van der Waals surface area contributed by atoms with Crippen molar-refractivity contribution in [2.24, 2.45) is 28.7 Å². The Kier molecular flexibility index (Phi) is 3.89. The maximum absolute atomic E-state index is 4.95. The van der Waals surface area contributed by atoms with Crippen LogP contribution in [-0.2, 0) is 0 Å². The highest BCUT2D eigenvalue weighted by atomic mass is 14.8. The van der Waals surface area contributed by atoms with Gasteiger partial charge in [0.1, 0.15) is 0 Å². The van der Waals surface area contributed by atoms with E-state index >= 15 is 0 Å². The Balaban J connectivity index is 2.27. The molecule has 0 heterocycles. The van der Waals surface area contributed by atoms with Crippen LogP contribution in [0.2, 0.25) is 0 Å². The minimum Gasteiger partial charge on any atom is -0.257 e. The number of hydrogen-bond acceptors (Lipinski definition) is 1. The first-order valence-electron chi connectivity index (χ1n) is 7.19. The molecule has 1 aliphatic rings. The predicted octanol–water partition coefficient (Wildman–Crippen LogP) is 5.02. The molecule has 1 aromatic rings. The van der Waals surface area contributed by atoms with Crippen LogP contribution in [0.1, 0.15) is 39.7 Å². The Morgan fingerprint density at radius 3 is 2.22 bits per heavy atom. The third-order valence-electron chi connectivity index (χ3n) is 4.92. The quantitative estimate of drug-likeness (QED) is 0.661. The van der Waals surface area contributed by atoms with Crippen LogP contribution < -0.4 is 0 Å². The van der Waals surface area contributed by atoms with E-state index in [0.29, 0.717) is 5.92 Å². The highest BCUT2D eigenvalue weighted by Crippen LogP contribution is 2.47. The van der Waals surface area contributed by atoms with Gasteiger partial charge in [0.15, 0.2) is 0 Å². The molecule has 0 spiro atoms. The monoisotopic (exact) mass is 243 g/mol. The van der Waals surface area contributed by atoms with Crippen LogP contribution in [0.5, 0.6) is 0 Å². The molecule has 1 saturated carbocycles. The molecule has 2 atom stereocenters. The number of rotatable bonds is 3. The van der Waals surface area contributed by atoms with Gasteiger partial charge >= 0.3 is 0 Å². The number of aryl methyl sites for hydroxylation is 1. The van der Waals surface area contributed by atoms with Gasteiger partial charge in [-0.25, -0.2) is 0 Å². The molecule has 2 unspecified atom stereocenters. The summed E-state index contributed by atoms with van der Waals surface area (Å²) in [5, 5.41) is 0. The zero-order chi connectivity index (χ0) is 13.3. The van der Waals surface area contributed by atoms with Crippen LogP contribution in [0.4, 0.5) is 5.69 Å². The fourth-order valence-electron chi connectivity index (χ4n) is 3.31. The lowest BCUT2D eigenvalue weighted by Gasteiger charge is -2.48. The lowest BCUT2D eigenvalue weighted by Crippen LogP contribution is -2.46. The van der Waals surface area contributed by atoms with E-state index in [-0.39, 0.29) is 0 Å². The van der Waals surface area contributed by atoms with Gasteiger partial charge in [-0.3, -0.25) is 4.99 Å². The second-order valence-corrected chi connectivity index (χ2v) is 5.85. The van der Waals surface area contributed by atoms with E-state index < -0.39 is 0 Å². The molecule has 1 fully saturated rings. The van der Waals surface area contributed by atoms with Gasteiger partial charge in [-0.15, -0.1) is 0 Å². The molecular formula is C17H25N. The summed E-state index contributed by atoms with van der Waals surface area (Å²) in [5.74, 6) is 3.08. The van der Waals surface area contributed by atoms with Crippen LogP contribution in [0.15, 0.2) is 29.3 Å².